The molecule has 8 nitrogen and oxygen atoms in total. The van der Waals surface area contributed by atoms with Gasteiger partial charge in [-0.05, 0) is 11.6 Å². The molecule has 154 valence electrons. The Morgan fingerprint density at radius 1 is 1.21 bits per heavy atom. The van der Waals surface area contributed by atoms with Crippen LogP contribution in [0.25, 0.3) is 0 Å². The number of morpholine rings is 1. The van der Waals surface area contributed by atoms with Crippen LogP contribution in [0.5, 0.6) is 0 Å². The summed E-state index contributed by atoms with van der Waals surface area (Å²) in [5, 5.41) is 17.1. The molecule has 1 fully saturated rings. The average Bonchev–Trinajstić information content (AvgIpc) is 2.74. The smallest absolute Gasteiger partial charge is 0.271 e. The predicted molar refractivity (Wildman–Crippen MR) is 111 cm³/mol. The lowest BCUT2D eigenvalue weighted by Gasteiger charge is -2.27. The fourth-order valence-corrected chi connectivity index (χ4v) is 3.35. The van der Waals surface area contributed by atoms with Gasteiger partial charge in [0.05, 0.1) is 28.8 Å². The number of halogens is 1. The lowest BCUT2D eigenvalue weighted by Crippen LogP contribution is -2.42. The van der Waals surface area contributed by atoms with Gasteiger partial charge in [0.2, 0.25) is 5.91 Å². The number of hydrogen-bond donors (Lipinski definition) is 2. The summed E-state index contributed by atoms with van der Waals surface area (Å²) in [4.78, 5) is 25.6. The second kappa shape index (κ2) is 10.3. The molecule has 2 aromatic carbocycles. The van der Waals surface area contributed by atoms with Crippen LogP contribution in [0.3, 0.4) is 0 Å². The van der Waals surface area contributed by atoms with Crippen molar-refractivity contribution < 1.29 is 14.5 Å². The predicted octanol–water partition coefficient (Wildman–Crippen LogP) is 2.85. The molecule has 0 radical (unpaired) electrons. The number of rotatable bonds is 8. The summed E-state index contributed by atoms with van der Waals surface area (Å²) in [5.74, 6) is -0.283. The van der Waals surface area contributed by atoms with Crippen LogP contribution in [0.2, 0.25) is 5.02 Å². The molecule has 2 N–H and O–H groups in total. The van der Waals surface area contributed by atoms with Crippen molar-refractivity contribution in [2.45, 2.75) is 6.04 Å². The summed E-state index contributed by atoms with van der Waals surface area (Å²) < 4.78 is 5.35. The second-order valence-corrected chi connectivity index (χ2v) is 7.07. The quantitative estimate of drug-likeness (QED) is 0.505. The lowest BCUT2D eigenvalue weighted by molar-refractivity contribution is -0.384. The van der Waals surface area contributed by atoms with E-state index in [1.54, 1.807) is 0 Å². The molecule has 1 atom stereocenters. The van der Waals surface area contributed by atoms with Gasteiger partial charge in [-0.1, -0.05) is 41.9 Å². The number of anilines is 1. The molecule has 0 saturated carbocycles. The van der Waals surface area contributed by atoms with E-state index in [0.717, 1.165) is 38.4 Å². The van der Waals surface area contributed by atoms with Crippen molar-refractivity contribution in [1.82, 2.24) is 10.2 Å². The molecule has 1 saturated heterocycles. The first kappa shape index (κ1) is 21.2. The van der Waals surface area contributed by atoms with Gasteiger partial charge in [-0.15, -0.1) is 0 Å². The van der Waals surface area contributed by atoms with Gasteiger partial charge in [-0.2, -0.15) is 0 Å². The van der Waals surface area contributed by atoms with E-state index in [4.69, 9.17) is 16.3 Å². The number of amides is 1. The minimum Gasteiger partial charge on any atom is -0.379 e. The zero-order chi connectivity index (χ0) is 20.6. The fraction of sp³-hybridized carbons (Fsp3) is 0.350. The Bertz CT molecular complexity index is 844. The monoisotopic (exact) mass is 418 g/mol. The summed E-state index contributed by atoms with van der Waals surface area (Å²) in [7, 11) is 0. The summed E-state index contributed by atoms with van der Waals surface area (Å²) in [5.41, 5.74) is 1.03. The number of hydrogen-bond acceptors (Lipinski definition) is 6. The van der Waals surface area contributed by atoms with Crippen LogP contribution in [0.15, 0.2) is 48.5 Å². The summed E-state index contributed by atoms with van der Waals surface area (Å²) in [6, 6.07) is 12.8. The van der Waals surface area contributed by atoms with Gasteiger partial charge in [0, 0.05) is 38.3 Å². The molecule has 2 aromatic rings. The molecule has 1 aliphatic heterocycles. The van der Waals surface area contributed by atoms with Crippen LogP contribution >= 0.6 is 11.6 Å². The van der Waals surface area contributed by atoms with Crippen molar-refractivity contribution in [3.05, 3.63) is 69.2 Å². The molecule has 0 aliphatic carbocycles. The largest absolute Gasteiger partial charge is 0.379 e. The number of ether oxygens (including phenoxy) is 1. The van der Waals surface area contributed by atoms with Crippen molar-refractivity contribution in [2.75, 3.05) is 44.7 Å². The molecular formula is C20H23ClN4O4. The van der Waals surface area contributed by atoms with Crippen LogP contribution < -0.4 is 10.6 Å². The van der Waals surface area contributed by atoms with Gasteiger partial charge in [0.15, 0.2) is 0 Å². The van der Waals surface area contributed by atoms with Crippen LogP contribution in [0.1, 0.15) is 11.6 Å². The summed E-state index contributed by atoms with van der Waals surface area (Å²) in [6.07, 6.45) is 0. The molecule has 0 unspecified atom stereocenters. The SMILES string of the molecule is O=C(Nc1ccc([N+](=O)[O-])cc1Cl)[C@H](NCCN1CCOCC1)c1ccccc1. The highest BCUT2D eigenvalue weighted by atomic mass is 35.5. The molecule has 9 heteroatoms. The Hall–Kier alpha value is -2.52. The third-order valence-electron chi connectivity index (χ3n) is 4.70. The Morgan fingerprint density at radius 2 is 1.93 bits per heavy atom. The van der Waals surface area contributed by atoms with Crippen molar-refractivity contribution in [3.63, 3.8) is 0 Å². The van der Waals surface area contributed by atoms with E-state index in [1.807, 2.05) is 30.3 Å². The minimum atomic E-state index is -0.580. The van der Waals surface area contributed by atoms with Crippen molar-refractivity contribution >= 4 is 28.9 Å². The fourth-order valence-electron chi connectivity index (χ4n) is 3.12. The highest BCUT2D eigenvalue weighted by Crippen LogP contribution is 2.27. The maximum Gasteiger partial charge on any atom is 0.271 e. The van der Waals surface area contributed by atoms with Gasteiger partial charge in [0.1, 0.15) is 6.04 Å². The maximum atomic E-state index is 13.0. The number of nitro groups is 1. The van der Waals surface area contributed by atoms with Crippen LogP contribution in [-0.2, 0) is 9.53 Å². The van der Waals surface area contributed by atoms with Gasteiger partial charge < -0.3 is 15.4 Å². The Morgan fingerprint density at radius 3 is 2.59 bits per heavy atom. The molecular weight excluding hydrogens is 396 g/mol. The highest BCUT2D eigenvalue weighted by molar-refractivity contribution is 6.34. The zero-order valence-electron chi connectivity index (χ0n) is 15.8. The number of carbonyl (C=O) groups is 1. The van der Waals surface area contributed by atoms with E-state index in [2.05, 4.69) is 15.5 Å². The number of nitrogens with one attached hydrogen (secondary N) is 2. The minimum absolute atomic E-state index is 0.118. The second-order valence-electron chi connectivity index (χ2n) is 6.66. The molecule has 0 bridgehead atoms. The van der Waals surface area contributed by atoms with Gasteiger partial charge in [0.25, 0.3) is 5.69 Å². The van der Waals surface area contributed by atoms with E-state index < -0.39 is 11.0 Å². The number of carbonyl (C=O) groups excluding carboxylic acids is 1. The first-order valence-corrected chi connectivity index (χ1v) is 9.75. The third-order valence-corrected chi connectivity index (χ3v) is 5.01. The molecule has 1 aliphatic rings. The first-order chi connectivity index (χ1) is 14.0. The van der Waals surface area contributed by atoms with Crippen LogP contribution in [-0.4, -0.2) is 55.1 Å². The Balaban J connectivity index is 1.68. The molecule has 0 aromatic heterocycles. The van der Waals surface area contributed by atoms with Crippen LogP contribution in [0, 0.1) is 10.1 Å². The van der Waals surface area contributed by atoms with Gasteiger partial charge >= 0.3 is 0 Å². The van der Waals surface area contributed by atoms with Crippen molar-refractivity contribution in [2.24, 2.45) is 0 Å². The Labute approximate surface area is 173 Å². The van der Waals surface area contributed by atoms with Gasteiger partial charge in [-0.3, -0.25) is 19.8 Å². The molecule has 29 heavy (non-hydrogen) atoms. The van der Waals surface area contributed by atoms with E-state index in [1.165, 1.54) is 18.2 Å². The maximum absolute atomic E-state index is 13.0. The topological polar surface area (TPSA) is 96.7 Å². The first-order valence-electron chi connectivity index (χ1n) is 9.38. The zero-order valence-corrected chi connectivity index (χ0v) is 16.6. The molecule has 1 amide bonds. The molecule has 3 rings (SSSR count). The van der Waals surface area contributed by atoms with Crippen LogP contribution in [0.4, 0.5) is 11.4 Å². The standard InChI is InChI=1S/C20H23ClN4O4/c21-17-14-16(25(27)28)6-7-18(17)23-20(26)19(15-4-2-1-3-5-15)22-8-9-24-10-12-29-13-11-24/h1-7,14,19,22H,8-13H2,(H,23,26)/t19-/m1/s1. The highest BCUT2D eigenvalue weighted by Gasteiger charge is 2.22. The Kier molecular flexibility index (Phi) is 7.54. The van der Waals surface area contributed by atoms with Gasteiger partial charge in [-0.25, -0.2) is 0 Å². The van der Waals surface area contributed by atoms with Crippen molar-refractivity contribution in [3.8, 4) is 0 Å². The molecule has 1 heterocycles. The van der Waals surface area contributed by atoms with E-state index >= 15 is 0 Å². The van der Waals surface area contributed by atoms with Crippen molar-refractivity contribution in [1.29, 1.82) is 0 Å². The van der Waals surface area contributed by atoms with E-state index in [0.29, 0.717) is 12.2 Å². The number of nitrogens with zero attached hydrogens (tertiary/aromatic N) is 2. The van der Waals surface area contributed by atoms with E-state index in [-0.39, 0.29) is 16.6 Å². The number of non-ortho nitro benzene ring substituents is 1. The average molecular weight is 419 g/mol. The lowest BCUT2D eigenvalue weighted by atomic mass is 10.1. The normalized spacial score (nSPS) is 15.6. The number of nitro benzene ring substituents is 1. The third kappa shape index (κ3) is 5.98. The summed E-state index contributed by atoms with van der Waals surface area (Å²) >= 11 is 6.12. The van der Waals surface area contributed by atoms with E-state index in [9.17, 15) is 14.9 Å². The number of benzene rings is 2. The summed E-state index contributed by atoms with van der Waals surface area (Å²) in [6.45, 7) is 4.63. The molecule has 0 spiro atoms.